The van der Waals surface area contributed by atoms with E-state index < -0.39 is 0 Å². The Bertz CT molecular complexity index is 206. The minimum Gasteiger partial charge on any atom is -0.0956 e. The molecule has 0 saturated heterocycles. The molecule has 0 aliphatic carbocycles. The summed E-state index contributed by atoms with van der Waals surface area (Å²) < 4.78 is 0. The average molecular weight is 222 g/mol. The van der Waals surface area contributed by atoms with Crippen molar-refractivity contribution in [3.05, 3.63) is 24.3 Å². The zero-order valence-electron chi connectivity index (χ0n) is 12.1. The average Bonchev–Trinajstić information content (AvgIpc) is 2.16. The smallest absolute Gasteiger partial charge is 0.0254 e. The Labute approximate surface area is 103 Å². The lowest BCUT2D eigenvalue weighted by Crippen LogP contribution is -2.09. The van der Waals surface area contributed by atoms with Gasteiger partial charge in [-0.3, -0.25) is 0 Å². The summed E-state index contributed by atoms with van der Waals surface area (Å²) in [6.45, 7) is 22.1. The van der Waals surface area contributed by atoms with Gasteiger partial charge in [0.05, 0.1) is 0 Å². The molecule has 0 spiro atoms. The summed E-state index contributed by atoms with van der Waals surface area (Å²) >= 11 is 0. The Morgan fingerprint density at radius 2 is 0.938 bits per heavy atom. The fourth-order valence-electron chi connectivity index (χ4n) is 1.54. The molecule has 0 aromatic carbocycles. The van der Waals surface area contributed by atoms with Crippen molar-refractivity contribution in [3.8, 4) is 0 Å². The van der Waals surface area contributed by atoms with Crippen molar-refractivity contribution in [1.29, 1.82) is 0 Å². The van der Waals surface area contributed by atoms with E-state index in [1.54, 1.807) is 0 Å². The van der Waals surface area contributed by atoms with Crippen molar-refractivity contribution < 1.29 is 0 Å². The molecule has 0 aromatic rings. The van der Waals surface area contributed by atoms with Gasteiger partial charge in [0.15, 0.2) is 0 Å². The third-order valence-electron chi connectivity index (χ3n) is 3.91. The zero-order valence-corrected chi connectivity index (χ0v) is 12.1. The van der Waals surface area contributed by atoms with Crippen LogP contribution in [0, 0.1) is 23.7 Å². The Morgan fingerprint density at radius 3 is 1.12 bits per heavy atom. The van der Waals surface area contributed by atoms with E-state index in [0.29, 0.717) is 11.8 Å². The fraction of sp³-hybridized carbons (Fsp3) is 0.750. The molecule has 0 saturated carbocycles. The highest BCUT2D eigenvalue weighted by Crippen LogP contribution is 2.27. The van der Waals surface area contributed by atoms with Crippen molar-refractivity contribution in [2.75, 3.05) is 0 Å². The van der Waals surface area contributed by atoms with Crippen LogP contribution >= 0.6 is 0 Å². The van der Waals surface area contributed by atoms with Crippen molar-refractivity contribution in [2.24, 2.45) is 23.7 Å². The number of hydrogen-bond acceptors (Lipinski definition) is 0. The van der Waals surface area contributed by atoms with Gasteiger partial charge in [-0.25, -0.2) is 0 Å². The van der Waals surface area contributed by atoms with E-state index in [1.165, 1.54) is 11.1 Å². The Balaban J connectivity index is 4.15. The van der Waals surface area contributed by atoms with Crippen LogP contribution in [0.2, 0.25) is 0 Å². The van der Waals surface area contributed by atoms with E-state index in [-0.39, 0.29) is 0 Å². The fourth-order valence-corrected chi connectivity index (χ4v) is 1.54. The molecule has 0 aliphatic heterocycles. The third-order valence-corrected chi connectivity index (χ3v) is 3.91. The second-order valence-corrected chi connectivity index (χ2v) is 6.06. The molecule has 0 heteroatoms. The molecule has 0 fully saturated rings. The lowest BCUT2D eigenvalue weighted by atomic mass is 9.84. The first-order chi connectivity index (χ1) is 7.25. The van der Waals surface area contributed by atoms with Crippen LogP contribution in [0.1, 0.15) is 54.4 Å². The topological polar surface area (TPSA) is 0 Å². The van der Waals surface area contributed by atoms with Gasteiger partial charge in [0.25, 0.3) is 0 Å². The predicted octanol–water partition coefficient (Wildman–Crippen LogP) is 5.46. The van der Waals surface area contributed by atoms with Crippen LogP contribution in [-0.4, -0.2) is 0 Å². The molecule has 0 rings (SSSR count). The summed E-state index contributed by atoms with van der Waals surface area (Å²) in [6, 6.07) is 0. The highest BCUT2D eigenvalue weighted by atomic mass is 14.2. The minimum atomic E-state index is 0.707. The molecular weight excluding hydrogens is 192 g/mol. The maximum Gasteiger partial charge on any atom is -0.0254 e. The Morgan fingerprint density at radius 1 is 0.688 bits per heavy atom. The van der Waals surface area contributed by atoms with Gasteiger partial charge in [-0.2, -0.15) is 0 Å². The van der Waals surface area contributed by atoms with Gasteiger partial charge in [-0.15, -0.1) is 0 Å². The van der Waals surface area contributed by atoms with Gasteiger partial charge < -0.3 is 0 Å². The van der Waals surface area contributed by atoms with Gasteiger partial charge >= 0.3 is 0 Å². The molecule has 2 atom stereocenters. The maximum atomic E-state index is 4.19. The SMILES string of the molecule is C=C(CC(C)C(C)C)C(=C)CC(C)C(C)C. The van der Waals surface area contributed by atoms with Crippen LogP contribution in [0.15, 0.2) is 24.3 Å². The molecule has 0 radical (unpaired) electrons. The van der Waals surface area contributed by atoms with Gasteiger partial charge in [0.1, 0.15) is 0 Å². The first kappa shape index (κ1) is 15.5. The normalized spacial score (nSPS) is 15.2. The molecular formula is C16H30. The molecule has 0 N–H and O–H groups in total. The minimum absolute atomic E-state index is 0.707. The summed E-state index contributed by atoms with van der Waals surface area (Å²) in [5.41, 5.74) is 2.52. The molecule has 0 nitrogen and oxygen atoms in total. The Hall–Kier alpha value is -0.520. The molecule has 16 heavy (non-hydrogen) atoms. The predicted molar refractivity (Wildman–Crippen MR) is 75.5 cm³/mol. The molecule has 0 heterocycles. The van der Waals surface area contributed by atoms with Crippen molar-refractivity contribution >= 4 is 0 Å². The standard InChI is InChI=1S/C16H30/c1-11(2)13(5)9-15(7)16(8)10-14(6)12(3)4/h11-14H,7-10H2,1-6H3. The van der Waals surface area contributed by atoms with E-state index in [2.05, 4.69) is 54.7 Å². The first-order valence-corrected chi connectivity index (χ1v) is 6.61. The van der Waals surface area contributed by atoms with Gasteiger partial charge in [0.2, 0.25) is 0 Å². The molecule has 0 aliphatic rings. The number of allylic oxidation sites excluding steroid dienone is 2. The van der Waals surface area contributed by atoms with Crippen LogP contribution in [0.3, 0.4) is 0 Å². The van der Waals surface area contributed by atoms with Crippen LogP contribution in [0.4, 0.5) is 0 Å². The van der Waals surface area contributed by atoms with Crippen LogP contribution in [0.25, 0.3) is 0 Å². The van der Waals surface area contributed by atoms with Gasteiger partial charge in [0, 0.05) is 0 Å². The van der Waals surface area contributed by atoms with Gasteiger partial charge in [-0.05, 0) is 36.5 Å². The molecule has 0 bridgehead atoms. The van der Waals surface area contributed by atoms with Crippen LogP contribution < -0.4 is 0 Å². The monoisotopic (exact) mass is 222 g/mol. The van der Waals surface area contributed by atoms with Crippen molar-refractivity contribution in [1.82, 2.24) is 0 Å². The lowest BCUT2D eigenvalue weighted by molar-refractivity contribution is 0.403. The van der Waals surface area contributed by atoms with E-state index in [9.17, 15) is 0 Å². The van der Waals surface area contributed by atoms with Gasteiger partial charge in [-0.1, -0.05) is 65.8 Å². The van der Waals surface area contributed by atoms with Crippen LogP contribution in [0.5, 0.6) is 0 Å². The molecule has 0 amide bonds. The summed E-state index contributed by atoms with van der Waals surface area (Å²) in [4.78, 5) is 0. The molecule has 94 valence electrons. The lowest BCUT2D eigenvalue weighted by Gasteiger charge is -2.21. The first-order valence-electron chi connectivity index (χ1n) is 6.61. The maximum absolute atomic E-state index is 4.19. The van der Waals surface area contributed by atoms with Crippen LogP contribution in [-0.2, 0) is 0 Å². The molecule has 0 aromatic heterocycles. The number of hydrogen-bond donors (Lipinski definition) is 0. The quantitative estimate of drug-likeness (QED) is 0.501. The van der Waals surface area contributed by atoms with E-state index in [0.717, 1.165) is 24.7 Å². The van der Waals surface area contributed by atoms with E-state index >= 15 is 0 Å². The zero-order chi connectivity index (χ0) is 12.9. The highest BCUT2D eigenvalue weighted by molar-refractivity contribution is 5.25. The van der Waals surface area contributed by atoms with E-state index in [4.69, 9.17) is 0 Å². The second-order valence-electron chi connectivity index (χ2n) is 6.06. The largest absolute Gasteiger partial charge is 0.0956 e. The highest BCUT2D eigenvalue weighted by Gasteiger charge is 2.14. The summed E-state index contributed by atoms with van der Waals surface area (Å²) in [6.07, 6.45) is 2.20. The summed E-state index contributed by atoms with van der Waals surface area (Å²) in [5, 5.41) is 0. The summed E-state index contributed by atoms with van der Waals surface area (Å²) in [5.74, 6) is 2.87. The second kappa shape index (κ2) is 6.93. The van der Waals surface area contributed by atoms with E-state index in [1.807, 2.05) is 0 Å². The third kappa shape index (κ3) is 5.53. The number of rotatable bonds is 7. The van der Waals surface area contributed by atoms with Crippen molar-refractivity contribution in [3.63, 3.8) is 0 Å². The summed E-state index contributed by atoms with van der Waals surface area (Å²) in [7, 11) is 0. The van der Waals surface area contributed by atoms with Crippen molar-refractivity contribution in [2.45, 2.75) is 54.4 Å². The Kier molecular flexibility index (Phi) is 6.71. The molecule has 2 unspecified atom stereocenters.